The van der Waals surface area contributed by atoms with Gasteiger partial charge in [0.05, 0.1) is 39.5 Å². The van der Waals surface area contributed by atoms with E-state index in [0.29, 0.717) is 33.7 Å². The van der Waals surface area contributed by atoms with E-state index in [1.807, 2.05) is 36.4 Å². The van der Waals surface area contributed by atoms with Gasteiger partial charge in [-0.05, 0) is 126 Å². The number of benzene rings is 5. The fourth-order valence-electron chi connectivity index (χ4n) is 8.67. The van der Waals surface area contributed by atoms with E-state index in [0.717, 1.165) is 47.5 Å². The van der Waals surface area contributed by atoms with Crippen LogP contribution >= 0.6 is 0 Å². The number of nitrogens with zero attached hydrogens (tertiary/aromatic N) is 2. The van der Waals surface area contributed by atoms with Gasteiger partial charge in [-0.3, -0.25) is 0 Å². The van der Waals surface area contributed by atoms with Crippen molar-refractivity contribution in [1.29, 1.82) is 0 Å². The summed E-state index contributed by atoms with van der Waals surface area (Å²) in [6.45, 7) is 0. The Kier molecular flexibility index (Phi) is 10.3. The standard InChI is InChI=1S/C56H30F6N4O2/c57-35-8-3-9-36(58)50(35)53-43-24-22-41(63-43)49(32-16-14-30(15-17-32)31-18-20-34(21-19-31)68-56(67)33-6-1-2-7-33)42-23-25-44(64-42)54(51-37(59)10-4-11-38(51)60)46-27-29-48(66-46)55(47-28-26-45(53)65-47)52-39(61)12-5-13-40(52)62/h1-6,8-29,63,66H. The molecule has 5 aromatic carbocycles. The van der Waals surface area contributed by atoms with Crippen molar-refractivity contribution in [3.8, 4) is 61.4 Å². The van der Waals surface area contributed by atoms with Crippen molar-refractivity contribution in [2.75, 3.05) is 0 Å². The number of rotatable bonds is 7. The number of hydrogen-bond acceptors (Lipinski definition) is 4. The van der Waals surface area contributed by atoms with Crippen LogP contribution in [0, 0.1) is 34.9 Å². The molecular formula is C56H30F6N4O2. The highest BCUT2D eigenvalue weighted by Gasteiger charge is 2.25. The third-order valence-corrected chi connectivity index (χ3v) is 11.8. The molecule has 1 aliphatic carbocycles. The lowest BCUT2D eigenvalue weighted by atomic mass is 9.99. The second-order valence-electron chi connectivity index (χ2n) is 15.9. The van der Waals surface area contributed by atoms with Crippen LogP contribution in [-0.4, -0.2) is 25.9 Å². The number of aromatic amines is 2. The van der Waals surface area contributed by atoms with Crippen LogP contribution < -0.4 is 4.74 Å². The minimum absolute atomic E-state index is 0.0178. The van der Waals surface area contributed by atoms with Gasteiger partial charge in [0.1, 0.15) is 46.2 Å². The number of ether oxygens (including phenoxy) is 1. The van der Waals surface area contributed by atoms with Crippen molar-refractivity contribution in [2.24, 2.45) is 0 Å². The van der Waals surface area contributed by atoms with Gasteiger partial charge in [0.25, 0.3) is 0 Å². The molecular weight excluding hydrogens is 875 g/mol. The van der Waals surface area contributed by atoms with Gasteiger partial charge in [0.2, 0.25) is 0 Å². The van der Waals surface area contributed by atoms with Gasteiger partial charge in [-0.1, -0.05) is 60.7 Å². The highest BCUT2D eigenvalue weighted by atomic mass is 19.2. The Morgan fingerprint density at radius 2 is 0.765 bits per heavy atom. The maximum absolute atomic E-state index is 16.0. The second kappa shape index (κ2) is 16.8. The Hall–Kier alpha value is -8.99. The first-order valence-corrected chi connectivity index (χ1v) is 21.2. The third-order valence-electron chi connectivity index (χ3n) is 11.8. The number of hydrogen-bond donors (Lipinski definition) is 2. The molecule has 11 rings (SSSR count). The summed E-state index contributed by atoms with van der Waals surface area (Å²) in [7, 11) is 0. The van der Waals surface area contributed by atoms with E-state index < -0.39 is 57.6 Å². The zero-order valence-electron chi connectivity index (χ0n) is 35.1. The molecule has 0 atom stereocenters. The molecule has 6 nitrogen and oxygen atoms in total. The lowest BCUT2D eigenvalue weighted by molar-refractivity contribution is -0.129. The maximum Gasteiger partial charge on any atom is 0.351 e. The number of fused-ring (bicyclic) bond motifs is 8. The van der Waals surface area contributed by atoms with Crippen LogP contribution in [0.4, 0.5) is 26.3 Å². The molecule has 328 valence electrons. The smallest absolute Gasteiger partial charge is 0.351 e. The predicted molar refractivity (Wildman–Crippen MR) is 252 cm³/mol. The van der Waals surface area contributed by atoms with E-state index in [1.165, 1.54) is 42.5 Å². The zero-order valence-corrected chi connectivity index (χ0v) is 35.1. The first-order valence-electron chi connectivity index (χ1n) is 21.2. The fraction of sp³-hybridized carbons (Fsp3) is 0. The predicted octanol–water partition coefficient (Wildman–Crippen LogP) is 14.4. The van der Waals surface area contributed by atoms with Gasteiger partial charge in [-0.2, -0.15) is 0 Å². The van der Waals surface area contributed by atoms with Gasteiger partial charge in [0.15, 0.2) is 0 Å². The second-order valence-corrected chi connectivity index (χ2v) is 15.9. The van der Waals surface area contributed by atoms with E-state index in [4.69, 9.17) is 14.7 Å². The lowest BCUT2D eigenvalue weighted by Crippen LogP contribution is -2.08. The molecule has 8 bridgehead atoms. The van der Waals surface area contributed by atoms with E-state index >= 15 is 26.3 Å². The Morgan fingerprint density at radius 1 is 0.412 bits per heavy atom. The highest BCUT2D eigenvalue weighted by Crippen LogP contribution is 2.41. The van der Waals surface area contributed by atoms with E-state index in [2.05, 4.69) is 15.7 Å². The molecule has 0 fully saturated rings. The molecule has 2 aliphatic heterocycles. The van der Waals surface area contributed by atoms with Gasteiger partial charge >= 0.3 is 5.97 Å². The molecule has 0 unspecified atom stereocenters. The molecule has 2 N–H and O–H groups in total. The molecule has 3 aliphatic rings. The topological polar surface area (TPSA) is 83.7 Å². The van der Waals surface area contributed by atoms with Crippen LogP contribution in [0.3, 0.4) is 0 Å². The van der Waals surface area contributed by atoms with Crippen LogP contribution in [-0.2, 0) is 4.79 Å². The first kappa shape index (κ1) is 41.7. The molecule has 8 aromatic rings. The van der Waals surface area contributed by atoms with Crippen LogP contribution in [0.25, 0.3) is 102 Å². The Bertz CT molecular complexity index is 3670. The fourth-order valence-corrected chi connectivity index (χ4v) is 8.67. The summed E-state index contributed by atoms with van der Waals surface area (Å²) in [5.74, 6) is -5.57. The lowest BCUT2D eigenvalue weighted by Gasteiger charge is -2.09. The summed E-state index contributed by atoms with van der Waals surface area (Å²) in [6.07, 6.45) is 11.2. The Balaban J connectivity index is 1.18. The van der Waals surface area contributed by atoms with Crippen molar-refractivity contribution in [3.05, 3.63) is 215 Å². The van der Waals surface area contributed by atoms with E-state index in [9.17, 15) is 4.79 Å². The summed E-state index contributed by atoms with van der Waals surface area (Å²) in [5.41, 5.74) is 6.18. The van der Waals surface area contributed by atoms with Gasteiger partial charge in [-0.15, -0.1) is 5.73 Å². The van der Waals surface area contributed by atoms with Crippen LogP contribution in [0.1, 0.15) is 22.8 Å². The molecule has 12 heteroatoms. The number of aromatic nitrogens is 4. The third kappa shape index (κ3) is 7.35. The molecule has 68 heavy (non-hydrogen) atoms. The summed E-state index contributed by atoms with van der Waals surface area (Å²) < 4.78 is 101. The maximum atomic E-state index is 16.0. The zero-order chi connectivity index (χ0) is 46.6. The number of carbonyl (C=O) groups is 1. The monoisotopic (exact) mass is 904 g/mol. The molecule has 0 spiro atoms. The van der Waals surface area contributed by atoms with E-state index in [-0.39, 0.29) is 50.3 Å². The van der Waals surface area contributed by atoms with Crippen LogP contribution in [0.15, 0.2) is 157 Å². The first-order chi connectivity index (χ1) is 33.1. The number of H-pyrrole nitrogens is 2. The average molecular weight is 905 g/mol. The largest absolute Gasteiger partial charge is 0.422 e. The number of nitrogens with one attached hydrogen (secondary N) is 2. The molecule has 3 aromatic heterocycles. The summed E-state index contributed by atoms with van der Waals surface area (Å²) in [5, 5.41) is 0. The molecule has 0 saturated carbocycles. The quantitative estimate of drug-likeness (QED) is 0.0722. The Labute approximate surface area is 382 Å². The van der Waals surface area contributed by atoms with Gasteiger partial charge in [-0.25, -0.2) is 41.1 Å². The van der Waals surface area contributed by atoms with E-state index in [1.54, 1.807) is 54.6 Å². The minimum atomic E-state index is -0.930. The summed E-state index contributed by atoms with van der Waals surface area (Å²) in [6, 6.07) is 31.2. The minimum Gasteiger partial charge on any atom is -0.422 e. The van der Waals surface area contributed by atoms with Crippen LogP contribution in [0.5, 0.6) is 5.75 Å². The normalized spacial score (nSPS) is 12.5. The number of carbonyl (C=O) groups excluding carboxylic acids is 1. The van der Waals surface area contributed by atoms with Crippen molar-refractivity contribution >= 4 is 52.3 Å². The molecule has 0 amide bonds. The molecule has 5 heterocycles. The number of halogens is 6. The SMILES string of the molecule is O=C(Oc1ccc(-c2ccc(-c3c4nc(c(-c5c(F)cccc5F)c5ccc([nH]5)c(-c5c(F)cccc5F)c5nc(c(-c6c(F)cccc6F)c6ccc3[nH]6)C=C5)C=C4)cc2)cc1)C1=C=CC=C1. The van der Waals surface area contributed by atoms with Crippen LogP contribution in [0.2, 0.25) is 0 Å². The van der Waals surface area contributed by atoms with Gasteiger partial charge in [0, 0.05) is 44.3 Å². The van der Waals surface area contributed by atoms with Crippen molar-refractivity contribution in [2.45, 2.75) is 0 Å². The number of esters is 1. The van der Waals surface area contributed by atoms with Gasteiger partial charge < -0.3 is 14.7 Å². The summed E-state index contributed by atoms with van der Waals surface area (Å²) in [4.78, 5) is 28.8. The molecule has 0 saturated heterocycles. The highest BCUT2D eigenvalue weighted by molar-refractivity contribution is 6.00. The summed E-state index contributed by atoms with van der Waals surface area (Å²) >= 11 is 0. The number of allylic oxidation sites excluding steroid dienone is 1. The van der Waals surface area contributed by atoms with Crippen molar-refractivity contribution in [1.82, 2.24) is 19.9 Å². The Morgan fingerprint density at radius 3 is 1.15 bits per heavy atom. The van der Waals surface area contributed by atoms with Crippen molar-refractivity contribution in [3.63, 3.8) is 0 Å². The molecule has 0 radical (unpaired) electrons. The average Bonchev–Trinajstić information content (AvgIpc) is 4.20. The van der Waals surface area contributed by atoms with Crippen molar-refractivity contribution < 1.29 is 35.9 Å².